The van der Waals surface area contributed by atoms with E-state index in [9.17, 15) is 8.42 Å². The number of nitrogens with zero attached hydrogens (tertiary/aromatic N) is 2. The van der Waals surface area contributed by atoms with Crippen LogP contribution in [0.5, 0.6) is 5.75 Å². The number of aromatic nitrogens is 1. The third kappa shape index (κ3) is 3.50. The molecule has 1 atom stereocenters. The van der Waals surface area contributed by atoms with Gasteiger partial charge in [0.25, 0.3) is 0 Å². The molecule has 0 radical (unpaired) electrons. The molecule has 2 heterocycles. The van der Waals surface area contributed by atoms with Crippen LogP contribution < -0.4 is 14.4 Å². The van der Waals surface area contributed by atoms with Crippen molar-refractivity contribution >= 4 is 36.7 Å². The van der Waals surface area contributed by atoms with Crippen LogP contribution in [0.1, 0.15) is 12.8 Å². The lowest BCUT2D eigenvalue weighted by Gasteiger charge is -2.32. The first kappa shape index (κ1) is 15.5. The first-order valence-corrected chi connectivity index (χ1v) is 9.82. The molecule has 120 valence electrons. The highest BCUT2D eigenvalue weighted by molar-refractivity contribution is 7.88. The van der Waals surface area contributed by atoms with Gasteiger partial charge in [-0.2, -0.15) is 0 Å². The van der Waals surface area contributed by atoms with Crippen molar-refractivity contribution in [1.82, 2.24) is 9.71 Å². The van der Waals surface area contributed by atoms with Crippen molar-refractivity contribution in [3.05, 3.63) is 18.2 Å². The van der Waals surface area contributed by atoms with Crippen LogP contribution in [0.3, 0.4) is 0 Å². The number of benzene rings is 1. The molecule has 1 saturated heterocycles. The maximum absolute atomic E-state index is 11.4. The number of ether oxygens (including phenoxy) is 1. The fourth-order valence-corrected chi connectivity index (χ4v) is 4.53. The summed E-state index contributed by atoms with van der Waals surface area (Å²) in [6.07, 6.45) is 3.02. The molecule has 0 spiro atoms. The lowest BCUT2D eigenvalue weighted by atomic mass is 10.1. The van der Waals surface area contributed by atoms with Crippen molar-refractivity contribution in [2.75, 3.05) is 31.4 Å². The van der Waals surface area contributed by atoms with Gasteiger partial charge in [0.15, 0.2) is 5.13 Å². The Balaban J connectivity index is 1.81. The van der Waals surface area contributed by atoms with Crippen LogP contribution in [-0.4, -0.2) is 45.9 Å². The third-order valence-electron chi connectivity index (χ3n) is 3.66. The van der Waals surface area contributed by atoms with E-state index in [1.807, 2.05) is 18.2 Å². The van der Waals surface area contributed by atoms with Gasteiger partial charge in [0.05, 0.1) is 23.6 Å². The summed E-state index contributed by atoms with van der Waals surface area (Å²) in [6, 6.07) is 5.78. The minimum absolute atomic E-state index is 0.0506. The van der Waals surface area contributed by atoms with E-state index in [2.05, 4.69) is 14.6 Å². The Bertz CT molecular complexity index is 773. The molecule has 22 heavy (non-hydrogen) atoms. The Morgan fingerprint density at radius 1 is 1.45 bits per heavy atom. The SMILES string of the molecule is COc1ccc2nc(N3CCCC(NS(C)(=O)=O)C3)sc2c1. The monoisotopic (exact) mass is 341 g/mol. The summed E-state index contributed by atoms with van der Waals surface area (Å²) < 4.78 is 31.8. The molecule has 1 aromatic heterocycles. The van der Waals surface area contributed by atoms with Gasteiger partial charge in [-0.05, 0) is 31.0 Å². The molecule has 1 aliphatic heterocycles. The lowest BCUT2D eigenvalue weighted by Crippen LogP contribution is -2.47. The number of methoxy groups -OCH3 is 1. The zero-order chi connectivity index (χ0) is 15.7. The predicted octanol–water partition coefficient (Wildman–Crippen LogP) is 1.82. The summed E-state index contributed by atoms with van der Waals surface area (Å²) in [5.41, 5.74) is 0.944. The molecule has 1 fully saturated rings. The summed E-state index contributed by atoms with van der Waals surface area (Å²) in [7, 11) is -1.53. The molecule has 6 nitrogen and oxygen atoms in total. The van der Waals surface area contributed by atoms with Gasteiger partial charge in [-0.15, -0.1) is 0 Å². The Morgan fingerprint density at radius 3 is 3.00 bits per heavy atom. The van der Waals surface area contributed by atoms with E-state index in [0.717, 1.165) is 40.5 Å². The van der Waals surface area contributed by atoms with Gasteiger partial charge in [0.1, 0.15) is 5.75 Å². The summed E-state index contributed by atoms with van der Waals surface area (Å²) in [6.45, 7) is 1.56. The Kier molecular flexibility index (Phi) is 4.24. The number of hydrogen-bond acceptors (Lipinski definition) is 6. The largest absolute Gasteiger partial charge is 0.497 e. The summed E-state index contributed by atoms with van der Waals surface area (Å²) in [5.74, 6) is 0.818. The molecule has 3 rings (SSSR count). The summed E-state index contributed by atoms with van der Waals surface area (Å²) in [4.78, 5) is 6.81. The number of thiazole rings is 1. The van der Waals surface area contributed by atoms with Crippen LogP contribution in [0.15, 0.2) is 18.2 Å². The van der Waals surface area contributed by atoms with Crippen molar-refractivity contribution < 1.29 is 13.2 Å². The van der Waals surface area contributed by atoms with Gasteiger partial charge in [0, 0.05) is 19.1 Å². The van der Waals surface area contributed by atoms with Crippen molar-refractivity contribution in [2.45, 2.75) is 18.9 Å². The van der Waals surface area contributed by atoms with E-state index in [0.29, 0.717) is 6.54 Å². The molecule has 0 amide bonds. The van der Waals surface area contributed by atoms with Gasteiger partial charge >= 0.3 is 0 Å². The lowest BCUT2D eigenvalue weighted by molar-refractivity contribution is 0.415. The van der Waals surface area contributed by atoms with Gasteiger partial charge in [0.2, 0.25) is 10.0 Å². The number of nitrogens with one attached hydrogen (secondary N) is 1. The van der Waals surface area contributed by atoms with E-state index in [1.54, 1.807) is 18.4 Å². The minimum atomic E-state index is -3.17. The number of fused-ring (bicyclic) bond motifs is 1. The number of rotatable bonds is 4. The number of piperidine rings is 1. The number of sulfonamides is 1. The van der Waals surface area contributed by atoms with Crippen LogP contribution >= 0.6 is 11.3 Å². The maximum Gasteiger partial charge on any atom is 0.209 e. The first-order chi connectivity index (χ1) is 10.4. The second-order valence-electron chi connectivity index (χ2n) is 5.51. The smallest absolute Gasteiger partial charge is 0.209 e. The Labute approximate surface area is 134 Å². The van der Waals surface area contributed by atoms with Gasteiger partial charge in [-0.3, -0.25) is 0 Å². The average Bonchev–Trinajstić information content (AvgIpc) is 2.88. The normalized spacial score (nSPS) is 19.5. The zero-order valence-corrected chi connectivity index (χ0v) is 14.2. The summed E-state index contributed by atoms with van der Waals surface area (Å²) >= 11 is 1.61. The standard InChI is InChI=1S/C14H19N3O3S2/c1-20-11-5-6-12-13(8-11)21-14(15-12)17-7-3-4-10(9-17)16-22(2,18)19/h5-6,8,10,16H,3-4,7,9H2,1-2H3. The van der Waals surface area contributed by atoms with Crippen molar-refractivity contribution in [2.24, 2.45) is 0 Å². The minimum Gasteiger partial charge on any atom is -0.497 e. The molecule has 1 aromatic carbocycles. The van der Waals surface area contributed by atoms with Crippen LogP contribution in [0.2, 0.25) is 0 Å². The highest BCUT2D eigenvalue weighted by Gasteiger charge is 2.24. The highest BCUT2D eigenvalue weighted by atomic mass is 32.2. The van der Waals surface area contributed by atoms with E-state index in [1.165, 1.54) is 6.26 Å². The van der Waals surface area contributed by atoms with Crippen molar-refractivity contribution in [1.29, 1.82) is 0 Å². The second-order valence-corrected chi connectivity index (χ2v) is 8.29. The molecule has 0 aliphatic carbocycles. The van der Waals surface area contributed by atoms with E-state index >= 15 is 0 Å². The molecule has 2 aromatic rings. The highest BCUT2D eigenvalue weighted by Crippen LogP contribution is 2.32. The topological polar surface area (TPSA) is 71.5 Å². The van der Waals surface area contributed by atoms with E-state index in [-0.39, 0.29) is 6.04 Å². The third-order valence-corrected chi connectivity index (χ3v) is 5.50. The molecule has 0 bridgehead atoms. The number of hydrogen-bond donors (Lipinski definition) is 1. The van der Waals surface area contributed by atoms with Crippen LogP contribution in [0.4, 0.5) is 5.13 Å². The second kappa shape index (κ2) is 6.02. The van der Waals surface area contributed by atoms with Crippen molar-refractivity contribution in [3.8, 4) is 5.75 Å². The molecule has 1 N–H and O–H groups in total. The average molecular weight is 341 g/mol. The van der Waals surface area contributed by atoms with Crippen LogP contribution in [0.25, 0.3) is 10.2 Å². The zero-order valence-electron chi connectivity index (χ0n) is 12.6. The van der Waals surface area contributed by atoms with Crippen LogP contribution in [-0.2, 0) is 10.0 Å². The quantitative estimate of drug-likeness (QED) is 0.918. The molecule has 0 saturated carbocycles. The molecule has 8 heteroatoms. The van der Waals surface area contributed by atoms with E-state index in [4.69, 9.17) is 4.74 Å². The van der Waals surface area contributed by atoms with Gasteiger partial charge in [-0.25, -0.2) is 18.1 Å². The summed E-state index contributed by atoms with van der Waals surface area (Å²) in [5, 5.41) is 0.934. The Hall–Kier alpha value is -1.38. The van der Waals surface area contributed by atoms with E-state index < -0.39 is 10.0 Å². The van der Waals surface area contributed by atoms with Gasteiger partial charge < -0.3 is 9.64 Å². The molecular formula is C14H19N3O3S2. The fraction of sp³-hybridized carbons (Fsp3) is 0.500. The first-order valence-electron chi connectivity index (χ1n) is 7.11. The van der Waals surface area contributed by atoms with Crippen molar-refractivity contribution in [3.63, 3.8) is 0 Å². The fourth-order valence-electron chi connectivity index (χ4n) is 2.70. The molecule has 1 aliphatic rings. The molecule has 1 unspecified atom stereocenters. The molecular weight excluding hydrogens is 322 g/mol. The van der Waals surface area contributed by atoms with Crippen LogP contribution in [0, 0.1) is 0 Å². The Morgan fingerprint density at radius 2 is 2.27 bits per heavy atom. The predicted molar refractivity (Wildman–Crippen MR) is 89.4 cm³/mol. The number of anilines is 1. The maximum atomic E-state index is 11.4. The van der Waals surface area contributed by atoms with Gasteiger partial charge in [-0.1, -0.05) is 11.3 Å².